The quantitative estimate of drug-likeness (QED) is 0.512. The highest BCUT2D eigenvalue weighted by atomic mass is 19.1. The van der Waals surface area contributed by atoms with Gasteiger partial charge in [0.05, 0.1) is 11.2 Å². The van der Waals surface area contributed by atoms with E-state index in [0.29, 0.717) is 29.9 Å². The minimum Gasteiger partial charge on any atom is -0.364 e. The average molecular weight is 412 g/mol. The molecule has 2 aromatic carbocycles. The van der Waals surface area contributed by atoms with Gasteiger partial charge in [0.15, 0.2) is 0 Å². The van der Waals surface area contributed by atoms with E-state index in [9.17, 15) is 9.18 Å². The van der Waals surface area contributed by atoms with Crippen molar-refractivity contribution in [2.75, 3.05) is 0 Å². The van der Waals surface area contributed by atoms with E-state index in [4.69, 9.17) is 9.98 Å². The highest BCUT2D eigenvalue weighted by Crippen LogP contribution is 2.26. The number of rotatable bonds is 4. The summed E-state index contributed by atoms with van der Waals surface area (Å²) in [5.41, 5.74) is 3.75. The van der Waals surface area contributed by atoms with E-state index < -0.39 is 11.4 Å². The maximum Gasteiger partial charge on any atom is 0.269 e. The number of aromatic amines is 1. The maximum atomic E-state index is 14.5. The molecular formula is C25H21FN4O. The van der Waals surface area contributed by atoms with Crippen molar-refractivity contribution >= 4 is 22.7 Å². The number of nitrogens with zero attached hydrogens (tertiary/aromatic N) is 3. The number of allylic oxidation sites excluding steroid dienone is 1. The molecule has 2 heterocycles. The van der Waals surface area contributed by atoms with Gasteiger partial charge in [-0.25, -0.2) is 9.37 Å². The number of halogens is 1. The van der Waals surface area contributed by atoms with Crippen molar-refractivity contribution in [2.45, 2.75) is 25.8 Å². The largest absolute Gasteiger partial charge is 0.364 e. The fraction of sp³-hybridized carbons (Fsp3) is 0.160. The van der Waals surface area contributed by atoms with Crippen LogP contribution in [0.1, 0.15) is 36.5 Å². The van der Waals surface area contributed by atoms with Crippen LogP contribution in [0.5, 0.6) is 0 Å². The first kappa shape index (κ1) is 19.2. The summed E-state index contributed by atoms with van der Waals surface area (Å²) in [5, 5.41) is -0.00815. The van der Waals surface area contributed by atoms with Gasteiger partial charge in [-0.3, -0.25) is 14.4 Å². The van der Waals surface area contributed by atoms with Crippen molar-refractivity contribution in [2.24, 2.45) is 4.99 Å². The van der Waals surface area contributed by atoms with Gasteiger partial charge in [0.1, 0.15) is 23.1 Å². The van der Waals surface area contributed by atoms with Crippen LogP contribution in [0.4, 0.5) is 4.39 Å². The minimum atomic E-state index is -0.569. The van der Waals surface area contributed by atoms with Gasteiger partial charge in [0.2, 0.25) is 0 Å². The zero-order valence-electron chi connectivity index (χ0n) is 17.0. The van der Waals surface area contributed by atoms with Gasteiger partial charge in [-0.05, 0) is 48.4 Å². The van der Waals surface area contributed by atoms with Gasteiger partial charge in [-0.1, -0.05) is 37.3 Å². The van der Waals surface area contributed by atoms with Crippen LogP contribution in [-0.4, -0.2) is 20.2 Å². The fourth-order valence-corrected chi connectivity index (χ4v) is 4.03. The summed E-state index contributed by atoms with van der Waals surface area (Å²) in [6.07, 6.45) is 7.29. The highest BCUT2D eigenvalue weighted by molar-refractivity contribution is 6.02. The molecule has 5 rings (SSSR count). The number of para-hydroxylation sites is 1. The molecule has 0 fully saturated rings. The van der Waals surface area contributed by atoms with Crippen molar-refractivity contribution in [3.8, 4) is 5.69 Å². The lowest BCUT2D eigenvalue weighted by atomic mass is 10.0. The molecule has 0 spiro atoms. The second-order valence-electron chi connectivity index (χ2n) is 7.55. The van der Waals surface area contributed by atoms with Gasteiger partial charge in [0.25, 0.3) is 5.56 Å². The Morgan fingerprint density at radius 1 is 1.13 bits per heavy atom. The summed E-state index contributed by atoms with van der Waals surface area (Å²) < 4.78 is 16.0. The standard InChI is InChI=1S/C25H21FN4O/c1-2-20(28-17-12-11-16-13-14-27-22(16)15-17)24-29-21-10-6-9-19(26)23(21)25(31)30(24)18-7-4-3-5-8-18/h3-14,20,27H,2,15H2,1H3/t20-/m0/s1. The topological polar surface area (TPSA) is 63.0 Å². The Labute approximate surface area is 178 Å². The predicted octanol–water partition coefficient (Wildman–Crippen LogP) is 5.01. The van der Waals surface area contributed by atoms with Gasteiger partial charge >= 0.3 is 0 Å². The van der Waals surface area contributed by atoms with Crippen LogP contribution in [-0.2, 0) is 6.42 Å². The third-order valence-corrected chi connectivity index (χ3v) is 5.58. The summed E-state index contributed by atoms with van der Waals surface area (Å²) in [6.45, 7) is 2.01. The van der Waals surface area contributed by atoms with Crippen LogP contribution in [0.15, 0.2) is 76.7 Å². The van der Waals surface area contributed by atoms with Crippen LogP contribution in [0, 0.1) is 5.82 Å². The number of aliphatic imine (C=N–C) groups is 1. The van der Waals surface area contributed by atoms with E-state index in [1.807, 2.05) is 61.7 Å². The Kier molecular flexibility index (Phi) is 4.82. The predicted molar refractivity (Wildman–Crippen MR) is 121 cm³/mol. The third-order valence-electron chi connectivity index (χ3n) is 5.58. The number of aromatic nitrogens is 3. The van der Waals surface area contributed by atoms with Gasteiger partial charge in [-0.15, -0.1) is 0 Å². The number of hydrogen-bond donors (Lipinski definition) is 1. The first-order chi connectivity index (χ1) is 15.2. The number of fused-ring (bicyclic) bond motifs is 2. The molecule has 0 aliphatic heterocycles. The molecule has 5 nitrogen and oxygen atoms in total. The number of benzene rings is 2. The smallest absolute Gasteiger partial charge is 0.269 e. The molecule has 0 saturated heterocycles. The molecule has 0 saturated carbocycles. The Morgan fingerprint density at radius 2 is 1.97 bits per heavy atom. The molecule has 1 atom stereocenters. The number of H-pyrrole nitrogens is 1. The molecule has 4 aromatic rings. The van der Waals surface area contributed by atoms with E-state index in [0.717, 1.165) is 17.0 Å². The lowest BCUT2D eigenvalue weighted by Gasteiger charge is -2.19. The molecule has 31 heavy (non-hydrogen) atoms. The summed E-state index contributed by atoms with van der Waals surface area (Å²) in [6, 6.07) is 15.4. The lowest BCUT2D eigenvalue weighted by molar-refractivity contribution is 0.615. The molecule has 0 amide bonds. The van der Waals surface area contributed by atoms with Crippen molar-refractivity contribution in [1.82, 2.24) is 14.5 Å². The highest BCUT2D eigenvalue weighted by Gasteiger charge is 2.22. The minimum absolute atomic E-state index is 0.00815. The Balaban J connectivity index is 1.71. The van der Waals surface area contributed by atoms with Crippen molar-refractivity contribution in [1.29, 1.82) is 0 Å². The summed E-state index contributed by atoms with van der Waals surface area (Å²) in [4.78, 5) is 26.4. The average Bonchev–Trinajstić information content (AvgIpc) is 3.26. The Bertz CT molecular complexity index is 1380. The van der Waals surface area contributed by atoms with E-state index in [-0.39, 0.29) is 11.4 Å². The van der Waals surface area contributed by atoms with Gasteiger partial charge in [0, 0.05) is 24.0 Å². The molecule has 0 unspecified atom stereocenters. The first-order valence-electron chi connectivity index (χ1n) is 10.3. The zero-order valence-corrected chi connectivity index (χ0v) is 17.0. The van der Waals surface area contributed by atoms with E-state index in [1.54, 1.807) is 12.1 Å². The van der Waals surface area contributed by atoms with Gasteiger partial charge < -0.3 is 4.98 Å². The molecule has 1 N–H and O–H groups in total. The SMILES string of the molecule is CC[C@H](N=C1C=Cc2cc[nH]c2C1)c1nc2cccc(F)c2c(=O)n1-c1ccccc1. The molecule has 154 valence electrons. The first-order valence-corrected chi connectivity index (χ1v) is 10.3. The van der Waals surface area contributed by atoms with E-state index >= 15 is 0 Å². The van der Waals surface area contributed by atoms with Crippen molar-refractivity contribution < 1.29 is 4.39 Å². The van der Waals surface area contributed by atoms with Gasteiger partial charge in [-0.2, -0.15) is 0 Å². The van der Waals surface area contributed by atoms with E-state index in [2.05, 4.69) is 4.98 Å². The maximum absolute atomic E-state index is 14.5. The molecular weight excluding hydrogens is 391 g/mol. The second kappa shape index (κ2) is 7.80. The van der Waals surface area contributed by atoms with E-state index in [1.165, 1.54) is 10.6 Å². The van der Waals surface area contributed by atoms with Crippen LogP contribution >= 0.6 is 0 Å². The summed E-state index contributed by atoms with van der Waals surface area (Å²) in [5.74, 6) is -0.0601. The second-order valence-corrected chi connectivity index (χ2v) is 7.55. The molecule has 0 radical (unpaired) electrons. The number of nitrogens with one attached hydrogen (secondary N) is 1. The zero-order chi connectivity index (χ0) is 21.4. The van der Waals surface area contributed by atoms with Crippen LogP contribution in [0.2, 0.25) is 0 Å². The van der Waals surface area contributed by atoms with Crippen LogP contribution < -0.4 is 5.56 Å². The monoisotopic (exact) mass is 412 g/mol. The van der Waals surface area contributed by atoms with Crippen molar-refractivity contribution in [3.63, 3.8) is 0 Å². The molecule has 6 heteroatoms. The Hall–Kier alpha value is -3.80. The normalized spacial score (nSPS) is 15.4. The van der Waals surface area contributed by atoms with Crippen molar-refractivity contribution in [3.05, 3.63) is 100 Å². The summed E-state index contributed by atoms with van der Waals surface area (Å²) >= 11 is 0. The van der Waals surface area contributed by atoms with Crippen LogP contribution in [0.3, 0.4) is 0 Å². The van der Waals surface area contributed by atoms with Crippen LogP contribution in [0.25, 0.3) is 22.7 Å². The fourth-order valence-electron chi connectivity index (χ4n) is 4.03. The molecule has 1 aliphatic rings. The summed E-state index contributed by atoms with van der Waals surface area (Å²) in [7, 11) is 0. The molecule has 1 aliphatic carbocycles. The number of hydrogen-bond acceptors (Lipinski definition) is 3. The lowest BCUT2D eigenvalue weighted by Crippen LogP contribution is -2.26. The molecule has 2 aromatic heterocycles. The Morgan fingerprint density at radius 3 is 2.77 bits per heavy atom. The molecule has 0 bridgehead atoms. The third kappa shape index (κ3) is 3.40.